The second-order valence-electron chi connectivity index (χ2n) is 6.42. The molecule has 1 aliphatic rings. The summed E-state index contributed by atoms with van der Waals surface area (Å²) in [6.07, 6.45) is 4.84. The van der Waals surface area contributed by atoms with Crippen molar-refractivity contribution < 1.29 is 0 Å². The SMILES string of the molecule is CCCC1(CCC)c2cc(Br)ccc2-c2cc(C)c(Br)cc21. The first-order valence-electron chi connectivity index (χ1n) is 8.14. The number of fused-ring (bicyclic) bond motifs is 3. The van der Waals surface area contributed by atoms with Crippen molar-refractivity contribution in [1.29, 1.82) is 0 Å². The van der Waals surface area contributed by atoms with Crippen molar-refractivity contribution in [2.45, 2.75) is 51.9 Å². The van der Waals surface area contributed by atoms with Gasteiger partial charge in [-0.05, 0) is 71.8 Å². The normalized spacial score (nSPS) is 14.8. The van der Waals surface area contributed by atoms with Gasteiger partial charge in [0.25, 0.3) is 0 Å². The first-order chi connectivity index (χ1) is 10.5. The first-order valence-corrected chi connectivity index (χ1v) is 9.73. The molecule has 0 fully saturated rings. The summed E-state index contributed by atoms with van der Waals surface area (Å²) in [5, 5.41) is 0. The lowest BCUT2D eigenvalue weighted by molar-refractivity contribution is 0.435. The Balaban J connectivity index is 2.35. The second-order valence-corrected chi connectivity index (χ2v) is 8.19. The lowest BCUT2D eigenvalue weighted by Gasteiger charge is -2.32. The minimum Gasteiger partial charge on any atom is -0.0653 e. The van der Waals surface area contributed by atoms with Crippen molar-refractivity contribution in [3.63, 3.8) is 0 Å². The predicted molar refractivity (Wildman–Crippen MR) is 103 cm³/mol. The largest absolute Gasteiger partial charge is 0.0653 e. The Morgan fingerprint density at radius 1 is 0.864 bits per heavy atom. The summed E-state index contributed by atoms with van der Waals surface area (Å²) in [7, 11) is 0. The summed E-state index contributed by atoms with van der Waals surface area (Å²) >= 11 is 7.44. The van der Waals surface area contributed by atoms with Crippen LogP contribution in [-0.4, -0.2) is 0 Å². The summed E-state index contributed by atoms with van der Waals surface area (Å²) in [4.78, 5) is 0. The van der Waals surface area contributed by atoms with Crippen LogP contribution < -0.4 is 0 Å². The second kappa shape index (κ2) is 6.13. The molecule has 22 heavy (non-hydrogen) atoms. The highest BCUT2D eigenvalue weighted by Gasteiger charge is 2.42. The van der Waals surface area contributed by atoms with Crippen LogP contribution in [0.3, 0.4) is 0 Å². The molecule has 0 saturated heterocycles. The van der Waals surface area contributed by atoms with E-state index >= 15 is 0 Å². The van der Waals surface area contributed by atoms with E-state index in [-0.39, 0.29) is 5.41 Å². The number of aryl methyl sites for hydroxylation is 1. The predicted octanol–water partition coefficient (Wildman–Crippen LogP) is 7.39. The van der Waals surface area contributed by atoms with E-state index in [1.165, 1.54) is 62.4 Å². The molecule has 0 amide bonds. The minimum atomic E-state index is 0.175. The molecule has 0 unspecified atom stereocenters. The van der Waals surface area contributed by atoms with E-state index < -0.39 is 0 Å². The molecule has 0 heterocycles. The lowest BCUT2D eigenvalue weighted by atomic mass is 9.71. The molecule has 0 atom stereocenters. The zero-order valence-corrected chi connectivity index (χ0v) is 16.6. The van der Waals surface area contributed by atoms with E-state index in [2.05, 4.69) is 83.0 Å². The molecule has 0 saturated carbocycles. The van der Waals surface area contributed by atoms with Gasteiger partial charge in [0.05, 0.1) is 0 Å². The average Bonchev–Trinajstić information content (AvgIpc) is 2.71. The molecule has 0 nitrogen and oxygen atoms in total. The number of hydrogen-bond acceptors (Lipinski definition) is 0. The van der Waals surface area contributed by atoms with Crippen molar-refractivity contribution in [1.82, 2.24) is 0 Å². The van der Waals surface area contributed by atoms with Crippen molar-refractivity contribution in [3.8, 4) is 11.1 Å². The highest BCUT2D eigenvalue weighted by atomic mass is 79.9. The Kier molecular flexibility index (Phi) is 4.53. The summed E-state index contributed by atoms with van der Waals surface area (Å²) in [5.74, 6) is 0. The standard InChI is InChI=1S/C20H22Br2/c1-4-8-20(9-5-2)17-11-14(21)6-7-15(17)16-10-13(3)19(22)12-18(16)20/h6-7,10-12H,4-5,8-9H2,1-3H3. The van der Waals surface area contributed by atoms with E-state index in [0.29, 0.717) is 0 Å². The third kappa shape index (κ3) is 2.39. The van der Waals surface area contributed by atoms with E-state index in [1.807, 2.05) is 0 Å². The quantitative estimate of drug-likeness (QED) is 0.482. The van der Waals surface area contributed by atoms with Crippen molar-refractivity contribution in [2.75, 3.05) is 0 Å². The Labute approximate surface area is 150 Å². The summed E-state index contributed by atoms with van der Waals surface area (Å²) in [6, 6.07) is 11.6. The van der Waals surface area contributed by atoms with Gasteiger partial charge in [0.2, 0.25) is 0 Å². The van der Waals surface area contributed by atoms with E-state index in [0.717, 1.165) is 0 Å². The fourth-order valence-corrected chi connectivity index (χ4v) is 4.81. The van der Waals surface area contributed by atoms with Gasteiger partial charge in [-0.1, -0.05) is 64.6 Å². The smallest absolute Gasteiger partial charge is 0.0215 e. The lowest BCUT2D eigenvalue weighted by Crippen LogP contribution is -2.25. The van der Waals surface area contributed by atoms with Gasteiger partial charge >= 0.3 is 0 Å². The van der Waals surface area contributed by atoms with E-state index in [9.17, 15) is 0 Å². The molecule has 1 aliphatic carbocycles. The number of benzene rings is 2. The Morgan fingerprint density at radius 2 is 1.50 bits per heavy atom. The zero-order chi connectivity index (χ0) is 15.9. The van der Waals surface area contributed by atoms with Crippen molar-refractivity contribution >= 4 is 31.9 Å². The van der Waals surface area contributed by atoms with Crippen LogP contribution in [0.4, 0.5) is 0 Å². The summed E-state index contributed by atoms with van der Waals surface area (Å²) in [6.45, 7) is 6.79. The van der Waals surface area contributed by atoms with Gasteiger partial charge in [0, 0.05) is 14.4 Å². The maximum absolute atomic E-state index is 3.75. The molecule has 0 aliphatic heterocycles. The zero-order valence-electron chi connectivity index (χ0n) is 13.5. The van der Waals surface area contributed by atoms with Gasteiger partial charge in [0.1, 0.15) is 0 Å². The molecule has 2 aromatic rings. The van der Waals surface area contributed by atoms with Gasteiger partial charge in [0.15, 0.2) is 0 Å². The molecule has 3 rings (SSSR count). The molecule has 0 N–H and O–H groups in total. The van der Waals surface area contributed by atoms with E-state index in [1.54, 1.807) is 0 Å². The summed E-state index contributed by atoms with van der Waals surface area (Å²) < 4.78 is 2.42. The van der Waals surface area contributed by atoms with Crippen LogP contribution in [0, 0.1) is 6.92 Å². The molecule has 0 bridgehead atoms. The van der Waals surface area contributed by atoms with Gasteiger partial charge in [-0.25, -0.2) is 0 Å². The van der Waals surface area contributed by atoms with Gasteiger partial charge < -0.3 is 0 Å². The van der Waals surface area contributed by atoms with Crippen LogP contribution in [0.2, 0.25) is 0 Å². The molecular formula is C20H22Br2. The molecule has 0 aromatic heterocycles. The van der Waals surface area contributed by atoms with Crippen LogP contribution in [-0.2, 0) is 5.41 Å². The molecule has 0 radical (unpaired) electrons. The third-order valence-electron chi connectivity index (χ3n) is 4.96. The van der Waals surface area contributed by atoms with Crippen LogP contribution in [0.1, 0.15) is 56.2 Å². The minimum absolute atomic E-state index is 0.175. The maximum Gasteiger partial charge on any atom is 0.0215 e. The van der Waals surface area contributed by atoms with Crippen LogP contribution in [0.25, 0.3) is 11.1 Å². The highest BCUT2D eigenvalue weighted by Crippen LogP contribution is 2.55. The molecule has 116 valence electrons. The fraction of sp³-hybridized carbons (Fsp3) is 0.400. The fourth-order valence-electron chi connectivity index (χ4n) is 4.11. The Bertz CT molecular complexity index is 710. The highest BCUT2D eigenvalue weighted by molar-refractivity contribution is 9.10. The number of rotatable bonds is 4. The third-order valence-corrected chi connectivity index (χ3v) is 6.30. The van der Waals surface area contributed by atoms with E-state index in [4.69, 9.17) is 0 Å². The Morgan fingerprint density at radius 3 is 2.14 bits per heavy atom. The molecule has 0 spiro atoms. The van der Waals surface area contributed by atoms with Crippen molar-refractivity contribution in [3.05, 3.63) is 56.0 Å². The maximum atomic E-state index is 3.75. The van der Waals surface area contributed by atoms with Crippen LogP contribution in [0.5, 0.6) is 0 Å². The van der Waals surface area contributed by atoms with Crippen LogP contribution >= 0.6 is 31.9 Å². The number of halogens is 2. The number of hydrogen-bond donors (Lipinski definition) is 0. The van der Waals surface area contributed by atoms with Gasteiger partial charge in [-0.2, -0.15) is 0 Å². The molecule has 2 aromatic carbocycles. The first kappa shape index (κ1) is 16.3. The Hall–Kier alpha value is -0.600. The summed E-state index contributed by atoms with van der Waals surface area (Å²) in [5.41, 5.74) is 7.38. The van der Waals surface area contributed by atoms with Crippen molar-refractivity contribution in [2.24, 2.45) is 0 Å². The molecule has 2 heteroatoms. The average molecular weight is 422 g/mol. The van der Waals surface area contributed by atoms with Gasteiger partial charge in [-0.15, -0.1) is 0 Å². The van der Waals surface area contributed by atoms with Crippen LogP contribution in [0.15, 0.2) is 39.3 Å². The molecular weight excluding hydrogens is 400 g/mol. The monoisotopic (exact) mass is 420 g/mol. The topological polar surface area (TPSA) is 0 Å². The van der Waals surface area contributed by atoms with Gasteiger partial charge in [-0.3, -0.25) is 0 Å².